The summed E-state index contributed by atoms with van der Waals surface area (Å²) in [5.41, 5.74) is 6.35. The topological polar surface area (TPSA) is 90.4 Å². The van der Waals surface area contributed by atoms with E-state index in [1.165, 1.54) is 12.0 Å². The highest BCUT2D eigenvalue weighted by atomic mass is 79.9. The van der Waals surface area contributed by atoms with Crippen LogP contribution < -0.4 is 10.6 Å². The fourth-order valence-corrected chi connectivity index (χ4v) is 6.54. The van der Waals surface area contributed by atoms with Crippen LogP contribution in [0.25, 0.3) is 0 Å². The molecule has 3 aromatic rings. The quantitative estimate of drug-likeness (QED) is 0.281. The van der Waals surface area contributed by atoms with E-state index in [-0.39, 0.29) is 5.91 Å². The second kappa shape index (κ2) is 11.2. The molecule has 0 bridgehead atoms. The first-order valence-electron chi connectivity index (χ1n) is 14.2. The van der Waals surface area contributed by atoms with Gasteiger partial charge in [-0.1, -0.05) is 24.3 Å². The zero-order valence-corrected chi connectivity index (χ0v) is 25.7. The van der Waals surface area contributed by atoms with E-state index in [0.717, 1.165) is 70.6 Å². The molecular weight excluding hydrogens is 566 g/mol. The van der Waals surface area contributed by atoms with Crippen molar-refractivity contribution in [2.24, 2.45) is 0 Å². The lowest BCUT2D eigenvalue weighted by Crippen LogP contribution is -2.43. The van der Waals surface area contributed by atoms with Crippen LogP contribution in [-0.2, 0) is 23.1 Å². The van der Waals surface area contributed by atoms with E-state index in [4.69, 9.17) is 4.98 Å². The normalized spacial score (nSPS) is 18.9. The van der Waals surface area contributed by atoms with Gasteiger partial charge in [-0.15, -0.1) is 0 Å². The van der Waals surface area contributed by atoms with E-state index in [1.807, 2.05) is 39.8 Å². The van der Waals surface area contributed by atoms with Crippen LogP contribution in [0.3, 0.4) is 0 Å². The van der Waals surface area contributed by atoms with Crippen molar-refractivity contribution in [2.75, 3.05) is 30.3 Å². The predicted molar refractivity (Wildman–Crippen MR) is 164 cm³/mol. The Labute approximate surface area is 245 Å². The van der Waals surface area contributed by atoms with Gasteiger partial charge >= 0.3 is 0 Å². The zero-order chi connectivity index (χ0) is 28.7. The number of likely N-dealkylation sites (tertiary alicyclic amines) is 1. The zero-order valence-electron chi connectivity index (χ0n) is 24.1. The molecule has 3 N–H and O–H groups in total. The van der Waals surface area contributed by atoms with Crippen LogP contribution in [0.15, 0.2) is 47.1 Å². The second-order valence-corrected chi connectivity index (χ2v) is 13.3. The summed E-state index contributed by atoms with van der Waals surface area (Å²) in [6.07, 6.45) is 5.61. The number of hydrogen-bond acceptors (Lipinski definition) is 6. The lowest BCUT2D eigenvalue weighted by Gasteiger charge is -2.36. The minimum atomic E-state index is -0.678. The fourth-order valence-electron chi connectivity index (χ4n) is 6.15. The molecule has 1 amide bonds. The van der Waals surface area contributed by atoms with Crippen molar-refractivity contribution >= 4 is 39.2 Å². The van der Waals surface area contributed by atoms with Crippen LogP contribution >= 0.6 is 15.9 Å². The minimum absolute atomic E-state index is 0.0426. The number of benzene rings is 2. The van der Waals surface area contributed by atoms with E-state index in [2.05, 4.69) is 67.6 Å². The smallest absolute Gasteiger partial charge is 0.234 e. The Bertz CT molecular complexity index is 1410. The minimum Gasteiger partial charge on any atom is -0.389 e. The van der Waals surface area contributed by atoms with Crippen molar-refractivity contribution in [3.63, 3.8) is 0 Å². The highest BCUT2D eigenvalue weighted by Crippen LogP contribution is 2.40. The number of piperidine rings is 1. The van der Waals surface area contributed by atoms with Gasteiger partial charge in [0, 0.05) is 30.7 Å². The molecule has 0 saturated carbocycles. The third kappa shape index (κ3) is 6.24. The van der Waals surface area contributed by atoms with E-state index < -0.39 is 11.0 Å². The lowest BCUT2D eigenvalue weighted by atomic mass is 9.82. The average molecular weight is 607 g/mol. The van der Waals surface area contributed by atoms with Gasteiger partial charge < -0.3 is 15.7 Å². The summed E-state index contributed by atoms with van der Waals surface area (Å²) in [4.78, 5) is 24.2. The van der Waals surface area contributed by atoms with Crippen LogP contribution in [0, 0.1) is 6.92 Å². The van der Waals surface area contributed by atoms with Crippen LogP contribution in [0.4, 0.5) is 17.3 Å². The second-order valence-electron chi connectivity index (χ2n) is 12.5. The first kappa shape index (κ1) is 28.7. The van der Waals surface area contributed by atoms with E-state index >= 15 is 0 Å². The van der Waals surface area contributed by atoms with Crippen molar-refractivity contribution < 1.29 is 9.90 Å². The molecule has 1 saturated heterocycles. The Hall–Kier alpha value is -2.81. The number of β-amino-alcohol motifs (C(OH)–C–C–N with tert-alkyl or cyclic N) is 1. The van der Waals surface area contributed by atoms with E-state index in [0.29, 0.717) is 18.4 Å². The Morgan fingerprint density at radius 3 is 2.77 bits per heavy atom. The van der Waals surface area contributed by atoms with Gasteiger partial charge in [0.25, 0.3) is 0 Å². The number of anilines is 3. The van der Waals surface area contributed by atoms with Gasteiger partial charge in [0.1, 0.15) is 0 Å². The summed E-state index contributed by atoms with van der Waals surface area (Å²) in [5.74, 6) is 1.08. The molecule has 5 rings (SSSR count). The number of halogens is 1. The highest BCUT2D eigenvalue weighted by Gasteiger charge is 2.39. The molecule has 0 aliphatic carbocycles. The van der Waals surface area contributed by atoms with Crippen molar-refractivity contribution in [1.82, 2.24) is 14.9 Å². The van der Waals surface area contributed by atoms with Gasteiger partial charge in [0.05, 0.1) is 21.2 Å². The number of carbonyl (C=O) groups excluding carboxylic acids is 1. The van der Waals surface area contributed by atoms with Gasteiger partial charge in [0.2, 0.25) is 11.9 Å². The van der Waals surface area contributed by atoms with Crippen molar-refractivity contribution in [3.05, 3.63) is 75.0 Å². The van der Waals surface area contributed by atoms with Crippen LogP contribution in [0.2, 0.25) is 0 Å². The maximum Gasteiger partial charge on any atom is 0.234 e. The molecule has 1 fully saturated rings. The third-order valence-electron chi connectivity index (χ3n) is 8.12. The van der Waals surface area contributed by atoms with E-state index in [9.17, 15) is 9.90 Å². The number of nitrogens with zero attached hydrogens (tertiary/aromatic N) is 3. The Morgan fingerprint density at radius 2 is 2.02 bits per heavy atom. The number of carbonyl (C=O) groups is 1. The summed E-state index contributed by atoms with van der Waals surface area (Å²) in [5, 5.41) is 16.7. The monoisotopic (exact) mass is 605 g/mol. The SMILES string of the molecule is Cc1cc(C2CCCN(CC(C)(C)O)C2)ccc1Nc1ncc(Br)c(CCc2cccc3c2C(C)(C)C(=O)N3)n1. The van der Waals surface area contributed by atoms with Crippen molar-refractivity contribution in [3.8, 4) is 0 Å². The molecule has 1 unspecified atom stereocenters. The molecule has 0 radical (unpaired) electrons. The third-order valence-corrected chi connectivity index (χ3v) is 8.79. The van der Waals surface area contributed by atoms with Crippen LogP contribution in [0.1, 0.15) is 74.4 Å². The molecule has 1 atom stereocenters. The molecule has 2 aliphatic rings. The highest BCUT2D eigenvalue weighted by molar-refractivity contribution is 9.10. The molecule has 2 aromatic carbocycles. The van der Waals surface area contributed by atoms with Gasteiger partial charge in [-0.05, 0) is 123 Å². The molecule has 7 nitrogen and oxygen atoms in total. The molecule has 1 aromatic heterocycles. The summed E-state index contributed by atoms with van der Waals surface area (Å²) in [6, 6.07) is 12.7. The molecule has 0 spiro atoms. The number of aryl methyl sites for hydroxylation is 3. The number of nitrogens with one attached hydrogen (secondary N) is 2. The molecular formula is C32H40BrN5O2. The Balaban J connectivity index is 1.28. The van der Waals surface area contributed by atoms with Gasteiger partial charge in [-0.2, -0.15) is 0 Å². The largest absolute Gasteiger partial charge is 0.389 e. The number of amides is 1. The fraction of sp³-hybridized carbons (Fsp3) is 0.469. The van der Waals surface area contributed by atoms with E-state index in [1.54, 1.807) is 6.20 Å². The van der Waals surface area contributed by atoms with Gasteiger partial charge in [0.15, 0.2) is 0 Å². The maximum absolute atomic E-state index is 12.5. The predicted octanol–water partition coefficient (Wildman–Crippen LogP) is 6.26. The molecule has 40 heavy (non-hydrogen) atoms. The molecule has 8 heteroatoms. The number of aromatic nitrogens is 2. The summed E-state index contributed by atoms with van der Waals surface area (Å²) in [6.45, 7) is 12.6. The van der Waals surface area contributed by atoms with Crippen LogP contribution in [-0.4, -0.2) is 51.1 Å². The Kier molecular flexibility index (Phi) is 8.06. The molecule has 3 heterocycles. The Morgan fingerprint density at radius 1 is 1.23 bits per heavy atom. The number of rotatable bonds is 8. The lowest BCUT2D eigenvalue weighted by molar-refractivity contribution is -0.119. The van der Waals surface area contributed by atoms with Crippen LogP contribution in [0.5, 0.6) is 0 Å². The summed E-state index contributed by atoms with van der Waals surface area (Å²) in [7, 11) is 0. The number of aliphatic hydroxyl groups is 1. The van der Waals surface area contributed by atoms with Crippen molar-refractivity contribution in [2.45, 2.75) is 77.2 Å². The van der Waals surface area contributed by atoms with Crippen molar-refractivity contribution in [1.29, 1.82) is 0 Å². The molecule has 212 valence electrons. The summed E-state index contributed by atoms with van der Waals surface area (Å²) < 4.78 is 0.874. The maximum atomic E-state index is 12.5. The number of hydrogen-bond donors (Lipinski definition) is 3. The molecule has 2 aliphatic heterocycles. The standard InChI is InChI=1S/C32H40BrN5O2/c1-20-16-22(23-9-7-15-38(18-23)19-31(2,3)40)12-13-25(20)36-30-34-17-24(33)26(37-30)14-11-21-8-6-10-27-28(21)32(4,5)29(39)35-27/h6,8,10,12-13,16-17,23,40H,7,9,11,14-15,18-19H2,1-5H3,(H,35,39)(H,34,36,37). The average Bonchev–Trinajstić information content (AvgIpc) is 3.13. The first-order chi connectivity index (χ1) is 18.9. The first-order valence-corrected chi connectivity index (χ1v) is 15.0. The number of fused-ring (bicyclic) bond motifs is 1. The summed E-state index contributed by atoms with van der Waals surface area (Å²) >= 11 is 3.64. The van der Waals surface area contributed by atoms with Gasteiger partial charge in [-0.3, -0.25) is 9.69 Å². The van der Waals surface area contributed by atoms with Gasteiger partial charge in [-0.25, -0.2) is 9.97 Å².